The van der Waals surface area contributed by atoms with Crippen molar-refractivity contribution in [1.29, 1.82) is 0 Å². The zero-order chi connectivity index (χ0) is 20.4. The van der Waals surface area contributed by atoms with Crippen molar-refractivity contribution in [1.82, 2.24) is 0 Å². The zero-order valence-electron chi connectivity index (χ0n) is 16.6. The van der Waals surface area contributed by atoms with Crippen molar-refractivity contribution < 1.29 is 19.1 Å². The molecule has 0 unspecified atom stereocenters. The van der Waals surface area contributed by atoms with E-state index in [1.54, 1.807) is 12.1 Å². The van der Waals surface area contributed by atoms with Crippen molar-refractivity contribution in [2.75, 3.05) is 7.11 Å². The van der Waals surface area contributed by atoms with Gasteiger partial charge in [-0.1, -0.05) is 66.8 Å². The van der Waals surface area contributed by atoms with Crippen LogP contribution in [0, 0.1) is 11.8 Å². The second-order valence-corrected chi connectivity index (χ2v) is 7.58. The van der Waals surface area contributed by atoms with E-state index in [0.717, 1.165) is 17.6 Å². The van der Waals surface area contributed by atoms with Crippen LogP contribution in [-0.2, 0) is 19.7 Å². The maximum atomic E-state index is 12.9. The smallest absolute Gasteiger partial charge is 0.338 e. The van der Waals surface area contributed by atoms with E-state index in [9.17, 15) is 9.59 Å². The molecule has 2 aromatic carbocycles. The number of methoxy groups -OCH3 is 1. The molecule has 148 valence electrons. The lowest BCUT2D eigenvalue weighted by molar-refractivity contribution is -0.144. The van der Waals surface area contributed by atoms with Crippen molar-refractivity contribution in [3.63, 3.8) is 0 Å². The van der Waals surface area contributed by atoms with Gasteiger partial charge in [0, 0.05) is 5.92 Å². The molecular weight excluding hydrogens is 364 g/mol. The van der Waals surface area contributed by atoms with Gasteiger partial charge in [0.25, 0.3) is 0 Å². The van der Waals surface area contributed by atoms with Crippen LogP contribution in [-0.4, -0.2) is 25.2 Å². The van der Waals surface area contributed by atoms with Gasteiger partial charge in [-0.05, 0) is 42.5 Å². The van der Waals surface area contributed by atoms with E-state index < -0.39 is 11.5 Å². The van der Waals surface area contributed by atoms with Crippen molar-refractivity contribution in [2.24, 2.45) is 11.8 Å². The summed E-state index contributed by atoms with van der Waals surface area (Å²) >= 11 is 0. The Morgan fingerprint density at radius 3 is 2.34 bits per heavy atom. The number of benzene rings is 2. The molecule has 2 aromatic rings. The highest BCUT2D eigenvalue weighted by molar-refractivity contribution is 5.90. The Bertz CT molecular complexity index is 961. The number of esters is 2. The summed E-state index contributed by atoms with van der Waals surface area (Å²) < 4.78 is 10.9. The molecule has 4 rings (SSSR count). The first-order valence-electron chi connectivity index (χ1n) is 9.87. The molecular formula is C25H24O4. The number of carbonyl (C=O) groups is 2. The molecule has 0 aliphatic heterocycles. The van der Waals surface area contributed by atoms with E-state index in [1.807, 2.05) is 61.5 Å². The molecule has 2 aliphatic carbocycles. The first-order chi connectivity index (χ1) is 14.1. The molecule has 29 heavy (non-hydrogen) atoms. The minimum Gasteiger partial charge on any atom is -0.468 e. The van der Waals surface area contributed by atoms with Crippen LogP contribution < -0.4 is 0 Å². The lowest BCUT2D eigenvalue weighted by Gasteiger charge is -2.18. The van der Waals surface area contributed by atoms with E-state index in [1.165, 1.54) is 7.11 Å². The summed E-state index contributed by atoms with van der Waals surface area (Å²) in [5.74, 6) is -0.409. The Labute approximate surface area is 170 Å². The molecule has 0 spiro atoms. The van der Waals surface area contributed by atoms with Crippen LogP contribution in [0.5, 0.6) is 0 Å². The number of allylic oxidation sites excluding steroid dienone is 2. The Morgan fingerprint density at radius 2 is 1.69 bits per heavy atom. The predicted octanol–water partition coefficient (Wildman–Crippen LogP) is 4.48. The molecule has 0 N–H and O–H groups in total. The van der Waals surface area contributed by atoms with Gasteiger partial charge >= 0.3 is 11.9 Å². The average Bonchev–Trinajstić information content (AvgIpc) is 3.45. The van der Waals surface area contributed by atoms with Gasteiger partial charge in [-0.25, -0.2) is 4.79 Å². The number of hydrogen-bond acceptors (Lipinski definition) is 4. The lowest BCUT2D eigenvalue weighted by atomic mass is 9.89. The van der Waals surface area contributed by atoms with E-state index in [2.05, 4.69) is 12.2 Å². The molecule has 0 heterocycles. The Hall–Kier alpha value is -3.14. The van der Waals surface area contributed by atoms with E-state index in [-0.39, 0.29) is 23.8 Å². The van der Waals surface area contributed by atoms with Crippen LogP contribution in [0.1, 0.15) is 29.3 Å². The van der Waals surface area contributed by atoms with Crippen LogP contribution in [0.25, 0.3) is 0 Å². The standard InChI is InChI=1S/C25H24O4/c1-17(29-23(26)18-10-5-3-6-11-18)19-12-9-15-21-22(16-19)25(21,24(27)28-2)20-13-7-4-8-14-20/h3-14,16-17,21-22H,15H2,1-2H3/t17-,21-,22+,25+/m1/s1. The van der Waals surface area contributed by atoms with Gasteiger partial charge in [0.1, 0.15) is 11.5 Å². The third-order valence-electron chi connectivity index (χ3n) is 6.04. The second kappa shape index (κ2) is 7.70. The lowest BCUT2D eigenvalue weighted by Crippen LogP contribution is -2.26. The fourth-order valence-electron chi connectivity index (χ4n) is 4.52. The summed E-state index contributed by atoms with van der Waals surface area (Å²) in [5, 5.41) is 0. The highest BCUT2D eigenvalue weighted by Crippen LogP contribution is 2.64. The number of fused-ring (bicyclic) bond motifs is 1. The van der Waals surface area contributed by atoms with Crippen LogP contribution in [0.3, 0.4) is 0 Å². The zero-order valence-corrected chi connectivity index (χ0v) is 16.6. The molecule has 1 saturated carbocycles. The molecule has 0 radical (unpaired) electrons. The van der Waals surface area contributed by atoms with Crippen LogP contribution >= 0.6 is 0 Å². The molecule has 4 nitrogen and oxygen atoms in total. The quantitative estimate of drug-likeness (QED) is 0.709. The molecule has 4 heteroatoms. The normalized spacial score (nSPS) is 25.8. The Balaban J connectivity index is 1.60. The van der Waals surface area contributed by atoms with E-state index >= 15 is 0 Å². The van der Waals surface area contributed by atoms with Crippen LogP contribution in [0.2, 0.25) is 0 Å². The third kappa shape index (κ3) is 3.29. The van der Waals surface area contributed by atoms with Crippen molar-refractivity contribution >= 4 is 11.9 Å². The second-order valence-electron chi connectivity index (χ2n) is 7.58. The SMILES string of the molecule is COC(=O)[C@@]1(c2ccccc2)[C@@H]2CC=CC([C@@H](C)OC(=O)c3ccccc3)=C[C@@H]21. The number of hydrogen-bond donors (Lipinski definition) is 0. The molecule has 0 amide bonds. The number of carbonyl (C=O) groups excluding carboxylic acids is 2. The Morgan fingerprint density at radius 1 is 1.03 bits per heavy atom. The minimum atomic E-state index is -0.671. The predicted molar refractivity (Wildman–Crippen MR) is 110 cm³/mol. The monoisotopic (exact) mass is 388 g/mol. The van der Waals surface area contributed by atoms with Crippen molar-refractivity contribution in [3.8, 4) is 0 Å². The Kier molecular flexibility index (Phi) is 5.10. The fourth-order valence-corrected chi connectivity index (χ4v) is 4.52. The van der Waals surface area contributed by atoms with Gasteiger partial charge in [0.2, 0.25) is 0 Å². The minimum absolute atomic E-state index is 0.0141. The maximum Gasteiger partial charge on any atom is 0.338 e. The van der Waals surface area contributed by atoms with E-state index in [0.29, 0.717) is 5.56 Å². The van der Waals surface area contributed by atoms with Gasteiger partial charge in [-0.3, -0.25) is 4.79 Å². The summed E-state index contributed by atoms with van der Waals surface area (Å²) in [6, 6.07) is 18.8. The molecule has 0 saturated heterocycles. The van der Waals surface area contributed by atoms with E-state index in [4.69, 9.17) is 9.47 Å². The summed E-state index contributed by atoms with van der Waals surface area (Å²) in [6.07, 6.45) is 6.51. The highest BCUT2D eigenvalue weighted by Gasteiger charge is 2.69. The largest absolute Gasteiger partial charge is 0.468 e. The highest BCUT2D eigenvalue weighted by atomic mass is 16.5. The summed E-state index contributed by atoms with van der Waals surface area (Å²) in [4.78, 5) is 25.3. The van der Waals surface area contributed by atoms with Crippen LogP contribution in [0.4, 0.5) is 0 Å². The van der Waals surface area contributed by atoms with Crippen LogP contribution in [0.15, 0.2) is 84.5 Å². The molecule has 1 fully saturated rings. The topological polar surface area (TPSA) is 52.6 Å². The molecule has 2 aliphatic rings. The molecule has 4 atom stereocenters. The number of rotatable bonds is 5. The van der Waals surface area contributed by atoms with Crippen molar-refractivity contribution in [3.05, 3.63) is 95.6 Å². The van der Waals surface area contributed by atoms with Crippen molar-refractivity contribution in [2.45, 2.75) is 24.9 Å². The summed E-state index contributed by atoms with van der Waals surface area (Å²) in [6.45, 7) is 1.86. The van der Waals surface area contributed by atoms with Gasteiger partial charge in [-0.15, -0.1) is 0 Å². The number of ether oxygens (including phenoxy) is 2. The van der Waals surface area contributed by atoms with Gasteiger partial charge < -0.3 is 9.47 Å². The van der Waals surface area contributed by atoms with Gasteiger partial charge in [0.15, 0.2) is 0 Å². The first-order valence-corrected chi connectivity index (χ1v) is 9.87. The first kappa shape index (κ1) is 19.2. The van der Waals surface area contributed by atoms with Gasteiger partial charge in [-0.2, -0.15) is 0 Å². The van der Waals surface area contributed by atoms with Gasteiger partial charge in [0.05, 0.1) is 12.7 Å². The fraction of sp³-hybridized carbons (Fsp3) is 0.280. The summed E-state index contributed by atoms with van der Waals surface area (Å²) in [7, 11) is 1.44. The maximum absolute atomic E-state index is 12.9. The summed E-state index contributed by atoms with van der Waals surface area (Å²) in [5.41, 5.74) is 1.73. The molecule has 0 bridgehead atoms. The third-order valence-corrected chi connectivity index (χ3v) is 6.04. The molecule has 0 aromatic heterocycles. The average molecular weight is 388 g/mol.